The van der Waals surface area contributed by atoms with Crippen LogP contribution in [0, 0.1) is 5.92 Å². The predicted octanol–water partition coefficient (Wildman–Crippen LogP) is 17.4. The number of rotatable bonds is 63. The Balaban J connectivity index is 5.24. The first-order chi connectivity index (χ1) is 39.5. The number of hydrogen-bond acceptors (Lipinski definition) is 15. The van der Waals surface area contributed by atoms with Crippen molar-refractivity contribution in [1.82, 2.24) is 0 Å². The van der Waals surface area contributed by atoms with Gasteiger partial charge in [-0.25, -0.2) is 9.13 Å². The molecule has 486 valence electrons. The summed E-state index contributed by atoms with van der Waals surface area (Å²) >= 11 is 0. The van der Waals surface area contributed by atoms with Crippen molar-refractivity contribution in [3.63, 3.8) is 0 Å². The highest BCUT2D eigenvalue weighted by molar-refractivity contribution is 7.47. The Morgan fingerprint density at radius 1 is 0.329 bits per heavy atom. The number of ether oxygens (including phenoxy) is 4. The maximum absolute atomic E-state index is 13.0. The van der Waals surface area contributed by atoms with E-state index in [1.165, 1.54) is 141 Å². The van der Waals surface area contributed by atoms with E-state index in [2.05, 4.69) is 34.6 Å². The number of carbonyl (C=O) groups is 4. The Morgan fingerprint density at radius 3 is 0.829 bits per heavy atom. The van der Waals surface area contributed by atoms with Gasteiger partial charge < -0.3 is 33.8 Å². The van der Waals surface area contributed by atoms with Crippen LogP contribution in [0.15, 0.2) is 0 Å². The van der Waals surface area contributed by atoms with Gasteiger partial charge >= 0.3 is 39.5 Å². The third kappa shape index (κ3) is 57.2. The first-order valence-corrected chi connectivity index (χ1v) is 36.1. The fourth-order valence-corrected chi connectivity index (χ4v) is 11.0. The highest BCUT2D eigenvalue weighted by Gasteiger charge is 2.30. The van der Waals surface area contributed by atoms with E-state index in [-0.39, 0.29) is 25.7 Å². The van der Waals surface area contributed by atoms with Crippen molar-refractivity contribution >= 4 is 39.5 Å². The minimum atomic E-state index is -4.94. The maximum Gasteiger partial charge on any atom is 0.472 e. The van der Waals surface area contributed by atoms with E-state index in [0.29, 0.717) is 31.6 Å². The average Bonchev–Trinajstić information content (AvgIpc) is 3.49. The van der Waals surface area contributed by atoms with E-state index in [4.69, 9.17) is 37.0 Å². The molecule has 0 saturated heterocycles. The van der Waals surface area contributed by atoms with E-state index in [1.807, 2.05) is 0 Å². The van der Waals surface area contributed by atoms with Crippen LogP contribution in [0.1, 0.15) is 317 Å². The molecule has 0 spiro atoms. The van der Waals surface area contributed by atoms with Gasteiger partial charge in [-0.15, -0.1) is 0 Å². The summed E-state index contributed by atoms with van der Waals surface area (Å²) in [6.45, 7) is 7.11. The number of hydrogen-bond donors (Lipinski definition) is 3. The third-order valence-electron chi connectivity index (χ3n) is 14.5. The van der Waals surface area contributed by atoms with Crippen LogP contribution in [0.2, 0.25) is 0 Å². The molecule has 0 aliphatic rings. The van der Waals surface area contributed by atoms with Crippen LogP contribution >= 0.6 is 15.6 Å². The van der Waals surface area contributed by atoms with Gasteiger partial charge in [0, 0.05) is 25.7 Å². The van der Waals surface area contributed by atoms with Crippen molar-refractivity contribution in [2.75, 3.05) is 39.6 Å². The fraction of sp³-hybridized carbons (Fsp3) is 0.937. The summed E-state index contributed by atoms with van der Waals surface area (Å²) in [5.41, 5.74) is 0. The molecule has 82 heavy (non-hydrogen) atoms. The molecule has 0 aromatic carbocycles. The predicted molar refractivity (Wildman–Crippen MR) is 326 cm³/mol. The molecule has 0 aliphatic carbocycles. The molecule has 17 nitrogen and oxygen atoms in total. The second kappa shape index (κ2) is 56.8. The van der Waals surface area contributed by atoms with Crippen molar-refractivity contribution < 1.29 is 80.2 Å². The van der Waals surface area contributed by atoms with Crippen LogP contribution in [0.4, 0.5) is 0 Å². The quantitative estimate of drug-likeness (QED) is 0.0222. The summed E-state index contributed by atoms with van der Waals surface area (Å²) in [5.74, 6) is -1.44. The van der Waals surface area contributed by atoms with Crippen LogP contribution in [0.3, 0.4) is 0 Å². The Labute approximate surface area is 498 Å². The lowest BCUT2D eigenvalue weighted by Crippen LogP contribution is -2.30. The highest BCUT2D eigenvalue weighted by Crippen LogP contribution is 2.45. The summed E-state index contributed by atoms with van der Waals surface area (Å²) in [6, 6.07) is 0. The SMILES string of the molecule is CCCCCCCCCCCCCC(=O)OC[C@H](COP(=O)(O)OC[C@@H](O)COP(=O)(O)OC[C@@H](COC(=O)CCCCCCCCCCCC)OC(=O)CCCCCCCCCC(C)C)OC(=O)CCCCCCCCCCCCC. The van der Waals surface area contributed by atoms with E-state index in [9.17, 15) is 43.2 Å². The summed E-state index contributed by atoms with van der Waals surface area (Å²) in [5, 5.41) is 10.5. The fourth-order valence-electron chi connectivity index (χ4n) is 9.41. The van der Waals surface area contributed by atoms with Crippen LogP contribution < -0.4 is 0 Å². The third-order valence-corrected chi connectivity index (χ3v) is 16.4. The normalized spacial score (nSPS) is 14.3. The molecule has 2 unspecified atom stereocenters. The van der Waals surface area contributed by atoms with Crippen molar-refractivity contribution in [2.24, 2.45) is 5.92 Å². The molecule has 0 fully saturated rings. The molecular weight excluding hydrogens is 1090 g/mol. The molecule has 0 aromatic heterocycles. The number of aliphatic hydroxyl groups excluding tert-OH is 1. The lowest BCUT2D eigenvalue weighted by atomic mass is 10.0. The zero-order valence-corrected chi connectivity index (χ0v) is 54.4. The van der Waals surface area contributed by atoms with Gasteiger partial charge in [0.15, 0.2) is 12.2 Å². The molecule has 0 bridgehead atoms. The molecule has 0 radical (unpaired) electrons. The van der Waals surface area contributed by atoms with E-state index >= 15 is 0 Å². The highest BCUT2D eigenvalue weighted by atomic mass is 31.2. The molecule has 0 rings (SSSR count). The smallest absolute Gasteiger partial charge is 0.462 e. The number of phosphoric acid groups is 2. The molecule has 0 saturated carbocycles. The molecule has 0 aromatic rings. The minimum Gasteiger partial charge on any atom is -0.462 e. The molecular formula is C63H122O17P2. The van der Waals surface area contributed by atoms with Crippen molar-refractivity contribution in [3.05, 3.63) is 0 Å². The van der Waals surface area contributed by atoms with E-state index in [0.717, 1.165) is 89.9 Å². The van der Waals surface area contributed by atoms with Gasteiger partial charge in [0.25, 0.3) is 0 Å². The summed E-state index contributed by atoms with van der Waals surface area (Å²) in [4.78, 5) is 72.1. The molecule has 5 atom stereocenters. The zero-order valence-electron chi connectivity index (χ0n) is 52.6. The molecule has 0 heterocycles. The largest absolute Gasteiger partial charge is 0.472 e. The van der Waals surface area contributed by atoms with Gasteiger partial charge in [0.2, 0.25) is 0 Å². The van der Waals surface area contributed by atoms with Crippen LogP contribution in [0.25, 0.3) is 0 Å². The van der Waals surface area contributed by atoms with Gasteiger partial charge in [-0.1, -0.05) is 266 Å². The number of phosphoric ester groups is 2. The molecule has 19 heteroatoms. The van der Waals surface area contributed by atoms with Gasteiger partial charge in [0.05, 0.1) is 26.4 Å². The van der Waals surface area contributed by atoms with Crippen LogP contribution in [0.5, 0.6) is 0 Å². The summed E-state index contributed by atoms with van der Waals surface area (Å²) in [7, 11) is -9.88. The minimum absolute atomic E-state index is 0.104. The van der Waals surface area contributed by atoms with Gasteiger partial charge in [-0.05, 0) is 31.6 Å². The van der Waals surface area contributed by atoms with Gasteiger partial charge in [-0.2, -0.15) is 0 Å². The van der Waals surface area contributed by atoms with E-state index in [1.54, 1.807) is 0 Å². The molecule has 0 aliphatic heterocycles. The Hall–Kier alpha value is -1.94. The Kier molecular flexibility index (Phi) is 55.5. The lowest BCUT2D eigenvalue weighted by molar-refractivity contribution is -0.161. The number of unbranched alkanes of at least 4 members (excludes halogenated alkanes) is 35. The first kappa shape index (κ1) is 80.1. The second-order valence-corrected chi connectivity index (χ2v) is 26.2. The van der Waals surface area contributed by atoms with Crippen LogP contribution in [-0.2, 0) is 65.4 Å². The lowest BCUT2D eigenvalue weighted by Gasteiger charge is -2.21. The average molecular weight is 1210 g/mol. The first-order valence-electron chi connectivity index (χ1n) is 33.1. The second-order valence-electron chi connectivity index (χ2n) is 23.3. The zero-order chi connectivity index (χ0) is 60.6. The summed E-state index contributed by atoms with van der Waals surface area (Å²) < 4.78 is 67.9. The van der Waals surface area contributed by atoms with Gasteiger partial charge in [0.1, 0.15) is 19.3 Å². The number of aliphatic hydroxyl groups is 1. The van der Waals surface area contributed by atoms with Crippen molar-refractivity contribution in [3.8, 4) is 0 Å². The van der Waals surface area contributed by atoms with E-state index < -0.39 is 97.5 Å². The monoisotopic (exact) mass is 1210 g/mol. The Morgan fingerprint density at radius 2 is 0.561 bits per heavy atom. The standard InChI is InChI=1S/C63H122O17P2/c1-6-9-12-15-18-21-24-27-32-37-42-47-61(66)74-52-58(79-62(67)48-43-38-33-28-25-22-19-16-13-10-7-2)54-77-81(69,70)75-50-57(64)51-76-82(71,72)78-55-59(80-63(68)49-44-39-34-29-30-35-40-45-56(4)5)53-73-60(65)46-41-36-31-26-23-20-17-14-11-8-3/h56-59,64H,6-55H2,1-5H3,(H,69,70)(H,71,72)/t57-,58-,59-/m1/s1. The maximum atomic E-state index is 13.0. The number of carbonyl (C=O) groups excluding carboxylic acids is 4. The number of esters is 4. The Bertz CT molecular complexity index is 1600. The van der Waals surface area contributed by atoms with Gasteiger partial charge in [-0.3, -0.25) is 37.3 Å². The summed E-state index contributed by atoms with van der Waals surface area (Å²) in [6.07, 6.45) is 40.3. The molecule has 3 N–H and O–H groups in total. The van der Waals surface area contributed by atoms with Crippen molar-refractivity contribution in [1.29, 1.82) is 0 Å². The van der Waals surface area contributed by atoms with Crippen molar-refractivity contribution in [2.45, 2.75) is 335 Å². The topological polar surface area (TPSA) is 237 Å². The van der Waals surface area contributed by atoms with Crippen LogP contribution in [-0.4, -0.2) is 96.7 Å². The molecule has 0 amide bonds.